The van der Waals surface area contributed by atoms with E-state index in [1.165, 1.54) is 18.2 Å². The van der Waals surface area contributed by atoms with E-state index in [1.807, 2.05) is 44.2 Å². The molecule has 1 aliphatic heterocycles. The van der Waals surface area contributed by atoms with Crippen LogP contribution in [0.2, 0.25) is 0 Å². The summed E-state index contributed by atoms with van der Waals surface area (Å²) in [4.78, 5) is 29.5. The standard InChI is InChI=1S/C20H22N2O5/c1-20(2)13-22(18(23)16-9-6-10-17(21-16)19(24)25)11-15(27-20)12-26-14-7-4-3-5-8-14/h3-10,15H,11-13H2,1-2H3,(H,24,25). The molecule has 0 spiro atoms. The Morgan fingerprint density at radius 2 is 1.89 bits per heavy atom. The number of carboxylic acid groups (broad SMARTS) is 1. The fourth-order valence-corrected chi connectivity index (χ4v) is 3.08. The summed E-state index contributed by atoms with van der Waals surface area (Å²) in [7, 11) is 0. The van der Waals surface area contributed by atoms with Crippen LogP contribution in [-0.2, 0) is 4.74 Å². The van der Waals surface area contributed by atoms with Crippen LogP contribution >= 0.6 is 0 Å². The lowest BCUT2D eigenvalue weighted by Crippen LogP contribution is -2.56. The predicted octanol–water partition coefficient (Wildman–Crippen LogP) is 2.48. The molecule has 2 aromatic rings. The molecule has 1 saturated heterocycles. The topological polar surface area (TPSA) is 89.0 Å². The summed E-state index contributed by atoms with van der Waals surface area (Å²) in [6, 6.07) is 13.8. The van der Waals surface area contributed by atoms with Gasteiger partial charge in [-0.3, -0.25) is 4.79 Å². The molecule has 0 aliphatic carbocycles. The SMILES string of the molecule is CC1(C)CN(C(=O)c2cccc(C(=O)O)n2)CC(COc2ccccc2)O1. The maximum Gasteiger partial charge on any atom is 0.354 e. The monoisotopic (exact) mass is 370 g/mol. The molecular formula is C20H22N2O5. The second-order valence-electron chi connectivity index (χ2n) is 7.02. The third kappa shape index (κ3) is 4.83. The first-order valence-electron chi connectivity index (χ1n) is 8.69. The number of carboxylic acids is 1. The van der Waals surface area contributed by atoms with Crippen LogP contribution in [0, 0.1) is 0 Å². The number of carbonyl (C=O) groups excluding carboxylic acids is 1. The molecule has 0 bridgehead atoms. The molecule has 1 unspecified atom stereocenters. The summed E-state index contributed by atoms with van der Waals surface area (Å²) in [5, 5.41) is 9.08. The highest BCUT2D eigenvalue weighted by atomic mass is 16.5. The number of morpholine rings is 1. The molecule has 1 aromatic carbocycles. The molecule has 7 heteroatoms. The molecule has 1 fully saturated rings. The lowest BCUT2D eigenvalue weighted by atomic mass is 10.0. The first-order chi connectivity index (χ1) is 12.8. The molecule has 1 aliphatic rings. The van der Waals surface area contributed by atoms with Crippen molar-refractivity contribution < 1.29 is 24.2 Å². The predicted molar refractivity (Wildman–Crippen MR) is 98.0 cm³/mol. The molecule has 1 N–H and O–H groups in total. The summed E-state index contributed by atoms with van der Waals surface area (Å²) >= 11 is 0. The highest BCUT2D eigenvalue weighted by Crippen LogP contribution is 2.23. The summed E-state index contributed by atoms with van der Waals surface area (Å²) in [6.45, 7) is 4.84. The van der Waals surface area contributed by atoms with Crippen molar-refractivity contribution in [2.75, 3.05) is 19.7 Å². The van der Waals surface area contributed by atoms with Gasteiger partial charge in [0, 0.05) is 6.54 Å². The van der Waals surface area contributed by atoms with Crippen LogP contribution < -0.4 is 4.74 Å². The van der Waals surface area contributed by atoms with Crippen LogP contribution in [0.3, 0.4) is 0 Å². The molecule has 27 heavy (non-hydrogen) atoms. The van der Waals surface area contributed by atoms with Crippen molar-refractivity contribution in [3.63, 3.8) is 0 Å². The molecule has 0 saturated carbocycles. The van der Waals surface area contributed by atoms with Gasteiger partial charge in [0.05, 0.1) is 12.1 Å². The van der Waals surface area contributed by atoms with Crippen LogP contribution in [0.25, 0.3) is 0 Å². The first-order valence-corrected chi connectivity index (χ1v) is 8.69. The number of aromatic carboxylic acids is 1. The molecule has 1 aromatic heterocycles. The molecule has 1 amide bonds. The second-order valence-corrected chi connectivity index (χ2v) is 7.02. The number of ether oxygens (including phenoxy) is 2. The number of rotatable bonds is 5. The van der Waals surface area contributed by atoms with Crippen LogP contribution in [0.15, 0.2) is 48.5 Å². The molecular weight excluding hydrogens is 348 g/mol. The van der Waals surface area contributed by atoms with Crippen molar-refractivity contribution in [3.8, 4) is 5.75 Å². The first kappa shape index (κ1) is 18.8. The van der Waals surface area contributed by atoms with Crippen LogP contribution in [0.5, 0.6) is 5.75 Å². The summed E-state index contributed by atoms with van der Waals surface area (Å²) in [5.41, 5.74) is -0.601. The van der Waals surface area contributed by atoms with E-state index in [-0.39, 0.29) is 23.4 Å². The fraction of sp³-hybridized carbons (Fsp3) is 0.350. The van der Waals surface area contributed by atoms with E-state index in [2.05, 4.69) is 4.98 Å². The summed E-state index contributed by atoms with van der Waals surface area (Å²) < 4.78 is 11.8. The van der Waals surface area contributed by atoms with E-state index in [1.54, 1.807) is 4.90 Å². The van der Waals surface area contributed by atoms with Crippen molar-refractivity contribution in [2.24, 2.45) is 0 Å². The number of nitrogens with zero attached hydrogens (tertiary/aromatic N) is 2. The minimum absolute atomic E-state index is 0.107. The number of hydrogen-bond acceptors (Lipinski definition) is 5. The summed E-state index contributed by atoms with van der Waals surface area (Å²) in [5.74, 6) is -0.751. The average Bonchev–Trinajstić information content (AvgIpc) is 2.65. The zero-order valence-electron chi connectivity index (χ0n) is 15.3. The normalized spacial score (nSPS) is 18.7. The quantitative estimate of drug-likeness (QED) is 0.870. The molecule has 3 rings (SSSR count). The Bertz CT molecular complexity index is 822. The zero-order chi connectivity index (χ0) is 19.4. The Morgan fingerprint density at radius 3 is 2.59 bits per heavy atom. The van der Waals surface area contributed by atoms with E-state index in [4.69, 9.17) is 14.6 Å². The van der Waals surface area contributed by atoms with Gasteiger partial charge in [-0.15, -0.1) is 0 Å². The fourth-order valence-electron chi connectivity index (χ4n) is 3.08. The van der Waals surface area contributed by atoms with Gasteiger partial charge in [-0.05, 0) is 38.1 Å². The Labute approximate surface area is 157 Å². The second kappa shape index (κ2) is 7.75. The summed E-state index contributed by atoms with van der Waals surface area (Å²) in [6.07, 6.45) is -0.305. The van der Waals surface area contributed by atoms with Crippen molar-refractivity contribution >= 4 is 11.9 Å². The van der Waals surface area contributed by atoms with E-state index >= 15 is 0 Å². The maximum atomic E-state index is 12.9. The zero-order valence-corrected chi connectivity index (χ0v) is 15.3. The highest BCUT2D eigenvalue weighted by molar-refractivity contribution is 5.94. The van der Waals surface area contributed by atoms with Gasteiger partial charge >= 0.3 is 5.97 Å². The number of para-hydroxylation sites is 1. The highest BCUT2D eigenvalue weighted by Gasteiger charge is 2.36. The van der Waals surface area contributed by atoms with Gasteiger partial charge in [0.15, 0.2) is 0 Å². The molecule has 142 valence electrons. The van der Waals surface area contributed by atoms with Crippen molar-refractivity contribution in [2.45, 2.75) is 25.6 Å². The van der Waals surface area contributed by atoms with Crippen molar-refractivity contribution in [1.82, 2.24) is 9.88 Å². The van der Waals surface area contributed by atoms with Gasteiger partial charge in [-0.2, -0.15) is 0 Å². The Hall–Kier alpha value is -2.93. The lowest BCUT2D eigenvalue weighted by molar-refractivity contribution is -0.136. The number of aromatic nitrogens is 1. The molecule has 0 radical (unpaired) electrons. The van der Waals surface area contributed by atoms with E-state index in [0.717, 1.165) is 5.75 Å². The van der Waals surface area contributed by atoms with Crippen molar-refractivity contribution in [1.29, 1.82) is 0 Å². The minimum atomic E-state index is -1.17. The molecule has 2 heterocycles. The van der Waals surface area contributed by atoms with E-state index in [9.17, 15) is 9.59 Å². The van der Waals surface area contributed by atoms with Gasteiger partial charge in [0.1, 0.15) is 29.8 Å². The molecule has 7 nitrogen and oxygen atoms in total. The number of amides is 1. The van der Waals surface area contributed by atoms with Gasteiger partial charge in [-0.25, -0.2) is 9.78 Å². The Balaban J connectivity index is 1.71. The van der Waals surface area contributed by atoms with Crippen molar-refractivity contribution in [3.05, 3.63) is 59.9 Å². The Morgan fingerprint density at radius 1 is 1.19 bits per heavy atom. The van der Waals surface area contributed by atoms with Crippen LogP contribution in [-0.4, -0.2) is 58.3 Å². The van der Waals surface area contributed by atoms with E-state index < -0.39 is 11.6 Å². The van der Waals surface area contributed by atoms with E-state index in [0.29, 0.717) is 19.7 Å². The van der Waals surface area contributed by atoms with Crippen LogP contribution in [0.1, 0.15) is 34.8 Å². The van der Waals surface area contributed by atoms with Gasteiger partial charge in [-0.1, -0.05) is 24.3 Å². The number of hydrogen-bond donors (Lipinski definition) is 1. The largest absolute Gasteiger partial charge is 0.491 e. The van der Waals surface area contributed by atoms with Gasteiger partial charge in [0.2, 0.25) is 0 Å². The van der Waals surface area contributed by atoms with Gasteiger partial charge < -0.3 is 19.5 Å². The number of pyridine rings is 1. The Kier molecular flexibility index (Phi) is 5.41. The number of carbonyl (C=O) groups is 2. The molecule has 1 atom stereocenters. The third-order valence-electron chi connectivity index (χ3n) is 4.14. The number of benzene rings is 1. The van der Waals surface area contributed by atoms with Gasteiger partial charge in [0.25, 0.3) is 5.91 Å². The smallest absolute Gasteiger partial charge is 0.354 e. The minimum Gasteiger partial charge on any atom is -0.491 e. The van der Waals surface area contributed by atoms with Crippen LogP contribution in [0.4, 0.5) is 0 Å². The lowest BCUT2D eigenvalue weighted by Gasteiger charge is -2.42. The average molecular weight is 370 g/mol. The third-order valence-corrected chi connectivity index (χ3v) is 4.14. The maximum absolute atomic E-state index is 12.9.